The zero-order chi connectivity index (χ0) is 20.8. The monoisotopic (exact) mass is 398 g/mol. The van der Waals surface area contributed by atoms with Crippen molar-refractivity contribution in [3.8, 4) is 0 Å². The fraction of sp³-hybridized carbons (Fsp3) is 0.900. The van der Waals surface area contributed by atoms with E-state index in [0.717, 1.165) is 51.5 Å². The summed E-state index contributed by atoms with van der Waals surface area (Å²) in [6.07, 6.45) is 2.76. The summed E-state index contributed by atoms with van der Waals surface area (Å²) >= 11 is 0. The first kappa shape index (κ1) is 24.5. The molecule has 8 heteroatoms. The Morgan fingerprint density at radius 1 is 1.04 bits per heavy atom. The van der Waals surface area contributed by atoms with Crippen LogP contribution in [0.2, 0.25) is 0 Å². The van der Waals surface area contributed by atoms with Gasteiger partial charge >= 0.3 is 6.09 Å². The van der Waals surface area contributed by atoms with Crippen LogP contribution in [0.3, 0.4) is 0 Å². The van der Waals surface area contributed by atoms with Crippen LogP contribution in [0.15, 0.2) is 4.99 Å². The zero-order valence-electron chi connectivity index (χ0n) is 18.6. The number of carbonyl (C=O) groups excluding carboxylic acids is 1. The summed E-state index contributed by atoms with van der Waals surface area (Å²) in [4.78, 5) is 21.1. The molecule has 0 saturated carbocycles. The Balaban J connectivity index is 2.18. The maximum atomic E-state index is 11.6. The van der Waals surface area contributed by atoms with Crippen LogP contribution in [0.4, 0.5) is 4.79 Å². The van der Waals surface area contributed by atoms with Crippen LogP contribution < -0.4 is 16.0 Å². The average Bonchev–Trinajstić information content (AvgIpc) is 2.81. The summed E-state index contributed by atoms with van der Waals surface area (Å²) in [5.74, 6) is 0.843. The SMILES string of the molecule is CCNC(=NCCCNC(=O)OC(C)(C)C)NCCCN1CCCN(C)CC1. The topological polar surface area (TPSA) is 81.2 Å². The van der Waals surface area contributed by atoms with Gasteiger partial charge in [-0.05, 0) is 73.6 Å². The van der Waals surface area contributed by atoms with Gasteiger partial charge in [0.15, 0.2) is 5.96 Å². The van der Waals surface area contributed by atoms with E-state index in [0.29, 0.717) is 13.1 Å². The van der Waals surface area contributed by atoms with Crippen LogP contribution in [-0.2, 0) is 4.74 Å². The molecule has 0 aromatic rings. The largest absolute Gasteiger partial charge is 0.444 e. The van der Waals surface area contributed by atoms with Crippen LogP contribution in [-0.4, -0.2) is 93.4 Å². The molecular formula is C20H42N6O2. The molecule has 0 aromatic heterocycles. The maximum Gasteiger partial charge on any atom is 0.407 e. The molecule has 164 valence electrons. The van der Waals surface area contributed by atoms with Gasteiger partial charge in [-0.2, -0.15) is 0 Å². The van der Waals surface area contributed by atoms with E-state index in [1.807, 2.05) is 20.8 Å². The Morgan fingerprint density at radius 3 is 2.50 bits per heavy atom. The van der Waals surface area contributed by atoms with Crippen molar-refractivity contribution < 1.29 is 9.53 Å². The van der Waals surface area contributed by atoms with Crippen molar-refractivity contribution in [1.29, 1.82) is 0 Å². The summed E-state index contributed by atoms with van der Waals surface area (Å²) in [7, 11) is 2.20. The number of ether oxygens (including phenoxy) is 1. The molecule has 3 N–H and O–H groups in total. The van der Waals surface area contributed by atoms with Crippen LogP contribution in [0, 0.1) is 0 Å². The Morgan fingerprint density at radius 2 is 1.79 bits per heavy atom. The first-order valence-electron chi connectivity index (χ1n) is 10.7. The number of guanidine groups is 1. The quantitative estimate of drug-likeness (QED) is 0.310. The van der Waals surface area contributed by atoms with Crippen molar-refractivity contribution in [2.24, 2.45) is 4.99 Å². The molecule has 1 fully saturated rings. The lowest BCUT2D eigenvalue weighted by molar-refractivity contribution is 0.0527. The van der Waals surface area contributed by atoms with E-state index in [9.17, 15) is 4.79 Å². The summed E-state index contributed by atoms with van der Waals surface area (Å²) < 4.78 is 5.22. The highest BCUT2D eigenvalue weighted by molar-refractivity contribution is 5.79. The molecule has 0 aromatic carbocycles. The third kappa shape index (κ3) is 12.8. The number of rotatable bonds is 9. The Kier molecular flexibility index (Phi) is 11.9. The van der Waals surface area contributed by atoms with E-state index < -0.39 is 5.60 Å². The van der Waals surface area contributed by atoms with E-state index in [4.69, 9.17) is 4.74 Å². The first-order chi connectivity index (χ1) is 13.3. The number of aliphatic imine (C=N–C) groups is 1. The number of likely N-dealkylation sites (N-methyl/N-ethyl adjacent to an activating group) is 1. The minimum atomic E-state index is -0.465. The minimum absolute atomic E-state index is 0.374. The van der Waals surface area contributed by atoms with Gasteiger partial charge in [-0.1, -0.05) is 0 Å². The highest BCUT2D eigenvalue weighted by atomic mass is 16.6. The highest BCUT2D eigenvalue weighted by Crippen LogP contribution is 2.06. The van der Waals surface area contributed by atoms with Gasteiger partial charge in [-0.3, -0.25) is 4.99 Å². The van der Waals surface area contributed by atoms with Gasteiger partial charge in [0.1, 0.15) is 5.60 Å². The van der Waals surface area contributed by atoms with Crippen molar-refractivity contribution in [3.05, 3.63) is 0 Å². The molecule has 0 aliphatic carbocycles. The summed E-state index contributed by atoms with van der Waals surface area (Å²) in [5, 5.41) is 9.44. The van der Waals surface area contributed by atoms with Gasteiger partial charge < -0.3 is 30.5 Å². The molecule has 0 spiro atoms. The predicted octanol–water partition coefficient (Wildman–Crippen LogP) is 1.48. The van der Waals surface area contributed by atoms with Gasteiger partial charge in [0.05, 0.1) is 0 Å². The van der Waals surface area contributed by atoms with Crippen LogP contribution in [0.25, 0.3) is 0 Å². The van der Waals surface area contributed by atoms with Crippen LogP contribution in [0.5, 0.6) is 0 Å². The molecule has 1 amide bonds. The number of alkyl carbamates (subject to hydrolysis) is 1. The molecule has 1 aliphatic heterocycles. The van der Waals surface area contributed by atoms with Crippen molar-refractivity contribution >= 4 is 12.1 Å². The molecule has 1 saturated heterocycles. The number of nitrogens with zero attached hydrogens (tertiary/aromatic N) is 3. The normalized spacial score (nSPS) is 17.1. The molecule has 28 heavy (non-hydrogen) atoms. The third-order valence-corrected chi connectivity index (χ3v) is 4.37. The van der Waals surface area contributed by atoms with E-state index >= 15 is 0 Å². The van der Waals surface area contributed by atoms with Crippen molar-refractivity contribution in [3.63, 3.8) is 0 Å². The number of carbonyl (C=O) groups is 1. The first-order valence-corrected chi connectivity index (χ1v) is 10.7. The molecule has 1 heterocycles. The Labute approximate surface area is 171 Å². The second kappa shape index (κ2) is 13.6. The molecule has 1 rings (SSSR count). The van der Waals surface area contributed by atoms with Gasteiger partial charge in [0.25, 0.3) is 0 Å². The second-order valence-electron chi connectivity index (χ2n) is 8.32. The fourth-order valence-electron chi connectivity index (χ4n) is 2.95. The van der Waals surface area contributed by atoms with E-state index in [1.54, 1.807) is 0 Å². The highest BCUT2D eigenvalue weighted by Gasteiger charge is 2.15. The average molecular weight is 399 g/mol. The van der Waals surface area contributed by atoms with Crippen LogP contribution in [0.1, 0.15) is 47.0 Å². The molecule has 8 nitrogen and oxygen atoms in total. The second-order valence-corrected chi connectivity index (χ2v) is 8.32. The molecule has 0 bridgehead atoms. The predicted molar refractivity (Wildman–Crippen MR) is 116 cm³/mol. The lowest BCUT2D eigenvalue weighted by atomic mass is 10.2. The van der Waals surface area contributed by atoms with Gasteiger partial charge in [0, 0.05) is 39.3 Å². The lowest BCUT2D eigenvalue weighted by Crippen LogP contribution is -2.39. The molecule has 1 aliphatic rings. The summed E-state index contributed by atoms with van der Waals surface area (Å²) in [5.41, 5.74) is -0.465. The van der Waals surface area contributed by atoms with Crippen LogP contribution >= 0.6 is 0 Å². The third-order valence-electron chi connectivity index (χ3n) is 4.37. The number of hydrogen-bond acceptors (Lipinski definition) is 5. The molecular weight excluding hydrogens is 356 g/mol. The van der Waals surface area contributed by atoms with E-state index in [1.165, 1.54) is 19.5 Å². The van der Waals surface area contributed by atoms with Gasteiger partial charge in [0.2, 0.25) is 0 Å². The van der Waals surface area contributed by atoms with E-state index in [2.05, 4.69) is 44.7 Å². The van der Waals surface area contributed by atoms with Crippen molar-refractivity contribution in [1.82, 2.24) is 25.8 Å². The maximum absolute atomic E-state index is 11.6. The minimum Gasteiger partial charge on any atom is -0.444 e. The zero-order valence-corrected chi connectivity index (χ0v) is 18.6. The number of amides is 1. The van der Waals surface area contributed by atoms with Crippen molar-refractivity contribution in [2.75, 3.05) is 66.0 Å². The van der Waals surface area contributed by atoms with Gasteiger partial charge in [-0.15, -0.1) is 0 Å². The Bertz CT molecular complexity index is 464. The standard InChI is InChI=1S/C20H42N6O2/c1-6-21-18(22-10-7-11-24-19(27)28-20(2,3)4)23-12-8-14-26-15-9-13-25(5)16-17-26/h6-17H2,1-5H3,(H,24,27)(H2,21,22,23). The molecule has 0 radical (unpaired) electrons. The molecule has 0 atom stereocenters. The van der Waals surface area contributed by atoms with Gasteiger partial charge in [-0.25, -0.2) is 4.79 Å². The number of nitrogens with one attached hydrogen (secondary N) is 3. The molecule has 0 unspecified atom stereocenters. The number of hydrogen-bond donors (Lipinski definition) is 3. The fourth-order valence-corrected chi connectivity index (χ4v) is 2.95. The smallest absolute Gasteiger partial charge is 0.407 e. The summed E-state index contributed by atoms with van der Waals surface area (Å²) in [6, 6.07) is 0. The summed E-state index contributed by atoms with van der Waals surface area (Å²) in [6.45, 7) is 16.4. The van der Waals surface area contributed by atoms with Crippen molar-refractivity contribution in [2.45, 2.75) is 52.6 Å². The lowest BCUT2D eigenvalue weighted by Gasteiger charge is -2.20. The van der Waals surface area contributed by atoms with E-state index in [-0.39, 0.29) is 6.09 Å². The Hall–Kier alpha value is -1.54.